The second-order valence-electron chi connectivity index (χ2n) is 4.40. The van der Waals surface area contributed by atoms with Crippen molar-refractivity contribution in [1.82, 2.24) is 5.32 Å². The Kier molecular flexibility index (Phi) is 3.87. The molecule has 2 rings (SSSR count). The largest absolute Gasteiger partial charge is 0.481 e. The molecule has 2 unspecified atom stereocenters. The number of aliphatic carboxylic acids is 1. The summed E-state index contributed by atoms with van der Waals surface area (Å²) in [6.07, 6.45) is 0.734. The summed E-state index contributed by atoms with van der Waals surface area (Å²) in [6, 6.07) is 7.50. The van der Waals surface area contributed by atoms with Crippen molar-refractivity contribution in [3.8, 4) is 0 Å². The summed E-state index contributed by atoms with van der Waals surface area (Å²) < 4.78 is 0. The van der Waals surface area contributed by atoms with Gasteiger partial charge in [-0.1, -0.05) is 29.8 Å². The molecule has 0 aromatic heterocycles. The predicted octanol–water partition coefficient (Wildman–Crippen LogP) is 2.03. The highest BCUT2D eigenvalue weighted by Gasteiger charge is 2.44. The predicted molar refractivity (Wildman–Crippen MR) is 67.6 cm³/mol. The molecule has 0 heterocycles. The average molecular weight is 268 g/mol. The van der Waals surface area contributed by atoms with Crippen molar-refractivity contribution in [3.05, 3.63) is 34.9 Å². The van der Waals surface area contributed by atoms with E-state index in [4.69, 9.17) is 16.7 Å². The van der Waals surface area contributed by atoms with Crippen LogP contribution in [0.3, 0.4) is 0 Å². The van der Waals surface area contributed by atoms with E-state index in [2.05, 4.69) is 5.32 Å². The van der Waals surface area contributed by atoms with Crippen molar-refractivity contribution in [2.45, 2.75) is 18.8 Å². The van der Waals surface area contributed by atoms with Crippen LogP contribution in [0, 0.1) is 5.92 Å². The quantitative estimate of drug-likeness (QED) is 0.858. The second-order valence-corrected chi connectivity index (χ2v) is 4.81. The van der Waals surface area contributed by atoms with Crippen LogP contribution in [0.25, 0.3) is 0 Å². The molecule has 5 heteroatoms. The van der Waals surface area contributed by atoms with Gasteiger partial charge in [-0.25, -0.2) is 0 Å². The number of halogens is 1. The van der Waals surface area contributed by atoms with E-state index in [9.17, 15) is 9.59 Å². The van der Waals surface area contributed by atoms with Crippen LogP contribution in [0.2, 0.25) is 5.02 Å². The van der Waals surface area contributed by atoms with Crippen LogP contribution in [0.1, 0.15) is 24.3 Å². The molecular formula is C13H14ClNO3. The number of carbonyl (C=O) groups excluding carboxylic acids is 1. The Labute approximate surface area is 110 Å². The molecule has 1 fully saturated rings. The Morgan fingerprint density at radius 1 is 1.39 bits per heavy atom. The van der Waals surface area contributed by atoms with Gasteiger partial charge in [0.1, 0.15) is 0 Å². The molecule has 0 aliphatic heterocycles. The Bertz CT molecular complexity index is 475. The first-order valence-electron chi connectivity index (χ1n) is 5.83. The highest BCUT2D eigenvalue weighted by atomic mass is 35.5. The van der Waals surface area contributed by atoms with Crippen molar-refractivity contribution in [3.63, 3.8) is 0 Å². The van der Waals surface area contributed by atoms with Crippen molar-refractivity contribution in [2.75, 3.05) is 6.54 Å². The van der Waals surface area contributed by atoms with Crippen molar-refractivity contribution in [2.24, 2.45) is 5.92 Å². The molecule has 1 aliphatic rings. The van der Waals surface area contributed by atoms with Crippen molar-refractivity contribution >= 4 is 23.5 Å². The van der Waals surface area contributed by atoms with Crippen LogP contribution < -0.4 is 5.32 Å². The van der Waals surface area contributed by atoms with E-state index >= 15 is 0 Å². The number of nitrogens with one attached hydrogen (secondary N) is 1. The minimum absolute atomic E-state index is 0.0464. The van der Waals surface area contributed by atoms with Gasteiger partial charge in [0.25, 0.3) is 0 Å². The molecule has 1 aromatic rings. The molecule has 2 atom stereocenters. The lowest BCUT2D eigenvalue weighted by Crippen LogP contribution is -2.27. The van der Waals surface area contributed by atoms with Gasteiger partial charge in [-0.05, 0) is 24.0 Å². The van der Waals surface area contributed by atoms with Crippen LogP contribution in [-0.4, -0.2) is 23.5 Å². The summed E-state index contributed by atoms with van der Waals surface area (Å²) >= 11 is 6.07. The van der Waals surface area contributed by atoms with Crippen LogP contribution in [0.15, 0.2) is 24.3 Å². The third-order valence-corrected chi connectivity index (χ3v) is 3.41. The molecule has 0 spiro atoms. The Hall–Kier alpha value is -1.55. The van der Waals surface area contributed by atoms with E-state index in [-0.39, 0.29) is 30.7 Å². The van der Waals surface area contributed by atoms with Gasteiger partial charge in [0.15, 0.2) is 0 Å². The molecule has 0 bridgehead atoms. The Morgan fingerprint density at radius 3 is 2.78 bits per heavy atom. The first-order chi connectivity index (χ1) is 8.59. The highest BCUT2D eigenvalue weighted by molar-refractivity contribution is 6.31. The zero-order valence-electron chi connectivity index (χ0n) is 9.73. The van der Waals surface area contributed by atoms with E-state index in [1.807, 2.05) is 24.3 Å². The third kappa shape index (κ3) is 3.01. The highest BCUT2D eigenvalue weighted by Crippen LogP contribution is 2.49. The number of hydrogen-bond donors (Lipinski definition) is 2. The fourth-order valence-electron chi connectivity index (χ4n) is 2.03. The number of amides is 1. The van der Waals surface area contributed by atoms with Crippen LogP contribution in [0.5, 0.6) is 0 Å². The van der Waals surface area contributed by atoms with E-state index in [0.29, 0.717) is 5.02 Å². The number of benzene rings is 1. The summed E-state index contributed by atoms with van der Waals surface area (Å²) in [6.45, 7) is 0.180. The molecule has 4 nitrogen and oxygen atoms in total. The van der Waals surface area contributed by atoms with Gasteiger partial charge in [0.05, 0.1) is 6.42 Å². The third-order valence-electron chi connectivity index (χ3n) is 3.07. The van der Waals surface area contributed by atoms with E-state index < -0.39 is 5.97 Å². The van der Waals surface area contributed by atoms with E-state index in [0.717, 1.165) is 12.0 Å². The number of carboxylic acid groups (broad SMARTS) is 1. The van der Waals surface area contributed by atoms with Gasteiger partial charge in [0, 0.05) is 17.5 Å². The molecule has 1 aromatic carbocycles. The Morgan fingerprint density at radius 2 is 2.11 bits per heavy atom. The molecule has 96 valence electrons. The first-order valence-corrected chi connectivity index (χ1v) is 6.21. The molecule has 1 amide bonds. The van der Waals surface area contributed by atoms with Crippen LogP contribution >= 0.6 is 11.6 Å². The SMILES string of the molecule is O=C(O)CCNC(=O)C1CC1c1ccccc1Cl. The summed E-state index contributed by atoms with van der Waals surface area (Å²) in [5.41, 5.74) is 0.998. The molecule has 0 radical (unpaired) electrons. The van der Waals surface area contributed by atoms with Crippen molar-refractivity contribution < 1.29 is 14.7 Å². The fraction of sp³-hybridized carbons (Fsp3) is 0.385. The molecule has 0 saturated heterocycles. The van der Waals surface area contributed by atoms with Gasteiger partial charge in [-0.15, -0.1) is 0 Å². The van der Waals surface area contributed by atoms with Gasteiger partial charge in [0.2, 0.25) is 5.91 Å². The van der Waals surface area contributed by atoms with E-state index in [1.165, 1.54) is 0 Å². The maximum Gasteiger partial charge on any atom is 0.305 e. The summed E-state index contributed by atoms with van der Waals surface area (Å²) in [5, 5.41) is 11.8. The minimum atomic E-state index is -0.909. The number of carbonyl (C=O) groups is 2. The standard InChI is InChI=1S/C13H14ClNO3/c14-11-4-2-1-3-8(11)9-7-10(9)13(18)15-6-5-12(16)17/h1-4,9-10H,5-7H2,(H,15,18)(H,16,17). The first kappa shape index (κ1) is 12.9. The monoisotopic (exact) mass is 267 g/mol. The molecular weight excluding hydrogens is 254 g/mol. The smallest absolute Gasteiger partial charge is 0.305 e. The topological polar surface area (TPSA) is 66.4 Å². The number of rotatable bonds is 5. The number of carboxylic acids is 1. The zero-order chi connectivity index (χ0) is 13.1. The van der Waals surface area contributed by atoms with Gasteiger partial charge < -0.3 is 10.4 Å². The summed E-state index contributed by atoms with van der Waals surface area (Å²) in [5.74, 6) is -0.892. The van der Waals surface area contributed by atoms with Gasteiger partial charge >= 0.3 is 5.97 Å². The van der Waals surface area contributed by atoms with Gasteiger partial charge in [-0.2, -0.15) is 0 Å². The normalized spacial score (nSPS) is 21.4. The lowest BCUT2D eigenvalue weighted by molar-refractivity contribution is -0.136. The van der Waals surface area contributed by atoms with Gasteiger partial charge in [-0.3, -0.25) is 9.59 Å². The molecule has 2 N–H and O–H groups in total. The van der Waals surface area contributed by atoms with Crippen LogP contribution in [-0.2, 0) is 9.59 Å². The lowest BCUT2D eigenvalue weighted by Gasteiger charge is -2.04. The average Bonchev–Trinajstić information content (AvgIpc) is 3.09. The fourth-order valence-corrected chi connectivity index (χ4v) is 2.30. The second kappa shape index (κ2) is 5.40. The minimum Gasteiger partial charge on any atom is -0.481 e. The summed E-state index contributed by atoms with van der Waals surface area (Å²) in [7, 11) is 0. The Balaban J connectivity index is 1.86. The zero-order valence-corrected chi connectivity index (χ0v) is 10.5. The summed E-state index contributed by atoms with van der Waals surface area (Å²) in [4.78, 5) is 22.1. The molecule has 18 heavy (non-hydrogen) atoms. The van der Waals surface area contributed by atoms with Crippen LogP contribution in [0.4, 0.5) is 0 Å². The van der Waals surface area contributed by atoms with E-state index in [1.54, 1.807) is 0 Å². The van der Waals surface area contributed by atoms with Crippen molar-refractivity contribution in [1.29, 1.82) is 0 Å². The maximum absolute atomic E-state index is 11.7. The molecule has 1 aliphatic carbocycles. The maximum atomic E-state index is 11.7. The lowest BCUT2D eigenvalue weighted by atomic mass is 10.1. The number of hydrogen-bond acceptors (Lipinski definition) is 2. The molecule has 1 saturated carbocycles.